The van der Waals surface area contributed by atoms with Gasteiger partial charge in [-0.15, -0.1) is 0 Å². The summed E-state index contributed by atoms with van der Waals surface area (Å²) in [6, 6.07) is 26.4. The summed E-state index contributed by atoms with van der Waals surface area (Å²) in [7, 11) is 0. The summed E-state index contributed by atoms with van der Waals surface area (Å²) in [4.78, 5) is 18.8. The first-order valence-corrected chi connectivity index (χ1v) is 12.5. The molecule has 2 aromatic heterocycles. The van der Waals surface area contributed by atoms with Crippen LogP contribution in [0.2, 0.25) is 0 Å². The van der Waals surface area contributed by atoms with E-state index in [1.54, 1.807) is 0 Å². The molecule has 4 aromatic rings. The molecule has 182 valence electrons. The van der Waals surface area contributed by atoms with Crippen molar-refractivity contribution in [2.45, 2.75) is 39.3 Å². The van der Waals surface area contributed by atoms with Crippen LogP contribution in [0.4, 0.5) is 11.4 Å². The Morgan fingerprint density at radius 1 is 1.00 bits per heavy atom. The van der Waals surface area contributed by atoms with E-state index in [4.69, 9.17) is 12.2 Å². The Kier molecular flexibility index (Phi) is 6.57. The lowest BCUT2D eigenvalue weighted by Crippen LogP contribution is -2.30. The number of carbonyl (C=O) groups excluding carboxylic acids is 1. The van der Waals surface area contributed by atoms with Gasteiger partial charge in [0.2, 0.25) is 5.91 Å². The molecule has 0 spiro atoms. The van der Waals surface area contributed by atoms with Crippen molar-refractivity contribution in [2.24, 2.45) is 0 Å². The van der Waals surface area contributed by atoms with Crippen LogP contribution in [-0.2, 0) is 4.79 Å². The van der Waals surface area contributed by atoms with Gasteiger partial charge in [0, 0.05) is 41.1 Å². The molecule has 2 aromatic carbocycles. The highest BCUT2D eigenvalue weighted by atomic mass is 32.1. The van der Waals surface area contributed by atoms with Gasteiger partial charge in [0.25, 0.3) is 0 Å². The van der Waals surface area contributed by atoms with Crippen molar-refractivity contribution in [1.82, 2.24) is 14.9 Å². The third kappa shape index (κ3) is 4.38. The lowest BCUT2D eigenvalue weighted by Gasteiger charge is -2.30. The molecule has 2 atom stereocenters. The van der Waals surface area contributed by atoms with E-state index in [-0.39, 0.29) is 18.0 Å². The third-order valence-corrected chi connectivity index (χ3v) is 6.92. The highest BCUT2D eigenvalue weighted by Gasteiger charge is 2.42. The van der Waals surface area contributed by atoms with Crippen molar-refractivity contribution in [2.75, 3.05) is 10.2 Å². The van der Waals surface area contributed by atoms with Gasteiger partial charge in [-0.1, -0.05) is 31.2 Å². The molecule has 3 heterocycles. The number of anilines is 2. The molecule has 1 saturated heterocycles. The number of nitrogens with one attached hydrogen (secondary N) is 2. The van der Waals surface area contributed by atoms with E-state index >= 15 is 0 Å². The Morgan fingerprint density at radius 2 is 1.78 bits per heavy atom. The summed E-state index contributed by atoms with van der Waals surface area (Å²) in [6.07, 6.45) is 2.25. The highest BCUT2D eigenvalue weighted by Crippen LogP contribution is 2.43. The summed E-state index contributed by atoms with van der Waals surface area (Å²) in [5, 5.41) is 7.16. The van der Waals surface area contributed by atoms with E-state index in [0.29, 0.717) is 11.5 Å². The van der Waals surface area contributed by atoms with Gasteiger partial charge in [-0.2, -0.15) is 0 Å². The minimum Gasteiger partial charge on any atom is -0.351 e. The topological polar surface area (TPSA) is 62.2 Å². The van der Waals surface area contributed by atoms with Crippen LogP contribution in [0, 0.1) is 13.8 Å². The molecule has 0 radical (unpaired) electrons. The summed E-state index contributed by atoms with van der Waals surface area (Å²) in [5.41, 5.74) is 7.03. The second-order valence-corrected chi connectivity index (χ2v) is 9.35. The molecule has 5 rings (SSSR count). The Hall–Kier alpha value is -3.97. The number of nitrogens with zero attached hydrogens (tertiary/aromatic N) is 3. The van der Waals surface area contributed by atoms with E-state index in [9.17, 15) is 4.79 Å². The van der Waals surface area contributed by atoms with Crippen molar-refractivity contribution < 1.29 is 4.79 Å². The largest absolute Gasteiger partial charge is 0.351 e. The van der Waals surface area contributed by atoms with Gasteiger partial charge in [-0.25, -0.2) is 0 Å². The fraction of sp³-hybridized carbons (Fsp3) is 0.207. The predicted octanol–water partition coefficient (Wildman–Crippen LogP) is 6.01. The molecule has 2 N–H and O–H groups in total. The summed E-state index contributed by atoms with van der Waals surface area (Å²) < 4.78 is 2.28. The fourth-order valence-corrected chi connectivity index (χ4v) is 5.18. The van der Waals surface area contributed by atoms with Crippen molar-refractivity contribution >= 4 is 34.6 Å². The van der Waals surface area contributed by atoms with Crippen LogP contribution >= 0.6 is 12.2 Å². The number of hydrogen-bond acceptors (Lipinski definition) is 3. The maximum atomic E-state index is 12.0. The molecule has 0 aliphatic carbocycles. The summed E-state index contributed by atoms with van der Waals surface area (Å²) >= 11 is 5.92. The number of amides is 1. The van der Waals surface area contributed by atoms with Gasteiger partial charge in [-0.3, -0.25) is 9.78 Å². The smallest absolute Gasteiger partial charge is 0.224 e. The van der Waals surface area contributed by atoms with Crippen LogP contribution in [0.5, 0.6) is 0 Å². The number of aryl methyl sites for hydroxylation is 2. The molecular formula is C29H29N5OS. The van der Waals surface area contributed by atoms with Gasteiger partial charge >= 0.3 is 0 Å². The molecular weight excluding hydrogens is 466 g/mol. The average Bonchev–Trinajstić information content (AvgIpc) is 3.45. The third-order valence-electron chi connectivity index (χ3n) is 6.61. The summed E-state index contributed by atoms with van der Waals surface area (Å²) in [6.45, 7) is 5.97. The van der Waals surface area contributed by atoms with Crippen LogP contribution < -0.4 is 15.5 Å². The first-order valence-electron chi connectivity index (χ1n) is 12.1. The monoisotopic (exact) mass is 495 g/mol. The van der Waals surface area contributed by atoms with E-state index < -0.39 is 0 Å². The average molecular weight is 496 g/mol. The molecule has 6 nitrogen and oxygen atoms in total. The number of benzene rings is 2. The van der Waals surface area contributed by atoms with Crippen molar-refractivity contribution in [3.05, 3.63) is 108 Å². The Bertz CT molecular complexity index is 1400. The lowest BCUT2D eigenvalue weighted by atomic mass is 10.00. The quantitative estimate of drug-likeness (QED) is 0.321. The second kappa shape index (κ2) is 9.95. The molecule has 36 heavy (non-hydrogen) atoms. The molecule has 1 aliphatic heterocycles. The molecule has 0 bridgehead atoms. The molecule has 0 saturated carbocycles. The number of hydrogen-bond donors (Lipinski definition) is 2. The predicted molar refractivity (Wildman–Crippen MR) is 149 cm³/mol. The van der Waals surface area contributed by atoms with E-state index in [1.165, 1.54) is 0 Å². The molecule has 1 fully saturated rings. The van der Waals surface area contributed by atoms with E-state index in [1.807, 2.05) is 56.4 Å². The van der Waals surface area contributed by atoms with Gasteiger partial charge in [-0.05, 0) is 86.2 Å². The zero-order chi connectivity index (χ0) is 25.2. The van der Waals surface area contributed by atoms with E-state index in [0.717, 1.165) is 39.7 Å². The van der Waals surface area contributed by atoms with Gasteiger partial charge in [0.15, 0.2) is 5.11 Å². The Labute approximate surface area is 217 Å². The van der Waals surface area contributed by atoms with Gasteiger partial charge in [0.05, 0.1) is 11.7 Å². The molecule has 0 unspecified atom stereocenters. The number of aromatic nitrogens is 2. The molecule has 1 aliphatic rings. The number of carbonyl (C=O) groups is 1. The van der Waals surface area contributed by atoms with Crippen molar-refractivity contribution in [3.8, 4) is 5.69 Å². The first-order chi connectivity index (χ1) is 17.5. The number of pyridine rings is 1. The Balaban J connectivity index is 1.64. The SMILES string of the molecule is CCC(=O)Nc1ccc(N2C(=S)N[C@@H](c3ccccn3)[C@@H]2c2ccc(C)n2-c2ccccc2)cc1C. The maximum Gasteiger partial charge on any atom is 0.224 e. The fourth-order valence-electron chi connectivity index (χ4n) is 4.83. The first kappa shape index (κ1) is 23.8. The van der Waals surface area contributed by atoms with Gasteiger partial charge < -0.3 is 20.1 Å². The van der Waals surface area contributed by atoms with Gasteiger partial charge in [0.1, 0.15) is 6.04 Å². The van der Waals surface area contributed by atoms with Crippen LogP contribution in [0.1, 0.15) is 48.1 Å². The zero-order valence-corrected chi connectivity index (χ0v) is 21.4. The summed E-state index contributed by atoms with van der Waals surface area (Å²) in [5.74, 6) is -0.00605. The van der Waals surface area contributed by atoms with Crippen LogP contribution in [-0.4, -0.2) is 20.6 Å². The maximum absolute atomic E-state index is 12.0. The minimum absolute atomic E-state index is 0.00605. The standard InChI is InChI=1S/C29H29N5OS/c1-4-26(35)31-23-15-14-22(18-19(23)2)34-28(27(32-29(34)36)24-12-8-9-17-30-24)25-16-13-20(3)33(25)21-10-6-5-7-11-21/h5-18,27-28H,4H2,1-3H3,(H,31,35)(H,32,36)/t27-,28-/m0/s1. The zero-order valence-electron chi connectivity index (χ0n) is 20.6. The number of rotatable bonds is 6. The van der Waals surface area contributed by atoms with E-state index in [2.05, 4.69) is 74.5 Å². The number of para-hydroxylation sites is 1. The van der Waals surface area contributed by atoms with Crippen LogP contribution in [0.25, 0.3) is 5.69 Å². The van der Waals surface area contributed by atoms with Crippen LogP contribution in [0.15, 0.2) is 85.1 Å². The normalized spacial score (nSPS) is 17.2. The highest BCUT2D eigenvalue weighted by molar-refractivity contribution is 7.80. The number of thiocarbonyl (C=S) groups is 1. The minimum atomic E-state index is -0.143. The molecule has 7 heteroatoms. The Morgan fingerprint density at radius 3 is 2.47 bits per heavy atom. The molecule has 1 amide bonds. The van der Waals surface area contributed by atoms with Crippen LogP contribution in [0.3, 0.4) is 0 Å². The van der Waals surface area contributed by atoms with Crippen molar-refractivity contribution in [1.29, 1.82) is 0 Å². The van der Waals surface area contributed by atoms with Crippen molar-refractivity contribution in [3.63, 3.8) is 0 Å². The lowest BCUT2D eigenvalue weighted by molar-refractivity contribution is -0.115. The second-order valence-electron chi connectivity index (χ2n) is 8.97.